The van der Waals surface area contributed by atoms with Gasteiger partial charge in [0, 0.05) is 5.56 Å². The molecule has 0 aliphatic rings. The zero-order valence-electron chi connectivity index (χ0n) is 16.1. The average Bonchev–Trinajstić information content (AvgIpc) is 2.65. The van der Waals surface area contributed by atoms with Gasteiger partial charge in [0.15, 0.2) is 0 Å². The largest absolute Gasteiger partial charge is 0.497 e. The van der Waals surface area contributed by atoms with E-state index in [2.05, 4.69) is 5.32 Å². The molecule has 2 aromatic rings. The van der Waals surface area contributed by atoms with Gasteiger partial charge in [-0.25, -0.2) is 12.8 Å². The first kappa shape index (κ1) is 21.5. The molecule has 2 aromatic carbocycles. The minimum absolute atomic E-state index is 0.188. The molecule has 0 unspecified atom stereocenters. The lowest BCUT2D eigenvalue weighted by atomic mass is 10.1. The second-order valence-electron chi connectivity index (χ2n) is 6.12. The van der Waals surface area contributed by atoms with Gasteiger partial charge in [-0.05, 0) is 37.3 Å². The molecule has 9 heteroatoms. The third-order valence-electron chi connectivity index (χ3n) is 4.09. The maximum absolute atomic E-state index is 14.1. The maximum atomic E-state index is 14.1. The van der Waals surface area contributed by atoms with Gasteiger partial charge < -0.3 is 14.8 Å². The number of hydrogen-bond donors (Lipinski definition) is 1. The number of carbonyl (C=O) groups excluding carboxylic acids is 1. The van der Waals surface area contributed by atoms with Crippen molar-refractivity contribution in [3.8, 4) is 11.5 Å². The highest BCUT2D eigenvalue weighted by Gasteiger charge is 2.24. The molecule has 7 nitrogen and oxygen atoms in total. The molecule has 2 rings (SSSR count). The first-order chi connectivity index (χ1) is 13.2. The van der Waals surface area contributed by atoms with Crippen molar-refractivity contribution < 1.29 is 27.1 Å². The summed E-state index contributed by atoms with van der Waals surface area (Å²) in [4.78, 5) is 12.5. The van der Waals surface area contributed by atoms with Gasteiger partial charge in [-0.1, -0.05) is 12.1 Å². The van der Waals surface area contributed by atoms with E-state index in [1.54, 1.807) is 25.1 Å². The van der Waals surface area contributed by atoms with Gasteiger partial charge in [-0.2, -0.15) is 0 Å². The Bertz CT molecular complexity index is 949. The van der Waals surface area contributed by atoms with Crippen molar-refractivity contribution in [2.24, 2.45) is 0 Å². The lowest BCUT2D eigenvalue weighted by Gasteiger charge is -2.24. The summed E-state index contributed by atoms with van der Waals surface area (Å²) in [5, 5.41) is 2.71. The van der Waals surface area contributed by atoms with Crippen LogP contribution in [-0.2, 0) is 14.8 Å². The summed E-state index contributed by atoms with van der Waals surface area (Å²) < 4.78 is 49.5. The molecule has 0 saturated carbocycles. The molecule has 1 N–H and O–H groups in total. The van der Waals surface area contributed by atoms with Crippen LogP contribution in [0.25, 0.3) is 0 Å². The number of methoxy groups -OCH3 is 2. The normalized spacial score (nSPS) is 12.2. The van der Waals surface area contributed by atoms with Crippen LogP contribution in [0.1, 0.15) is 18.5 Å². The van der Waals surface area contributed by atoms with Gasteiger partial charge in [-0.3, -0.25) is 9.10 Å². The number of nitrogens with one attached hydrogen (secondary N) is 1. The topological polar surface area (TPSA) is 84.9 Å². The van der Waals surface area contributed by atoms with Crippen LogP contribution in [0.2, 0.25) is 0 Å². The van der Waals surface area contributed by atoms with Crippen molar-refractivity contribution in [3.63, 3.8) is 0 Å². The summed E-state index contributed by atoms with van der Waals surface area (Å²) in [6, 6.07) is 10.0. The lowest BCUT2D eigenvalue weighted by molar-refractivity contribution is -0.120. The molecule has 0 bridgehead atoms. The zero-order chi connectivity index (χ0) is 20.9. The molecule has 0 spiro atoms. The SMILES string of the molecule is COc1ccc(OC)c([C@H](C)NC(=O)CN(c2ccccc2F)S(C)(=O)=O)c1. The number of benzene rings is 2. The van der Waals surface area contributed by atoms with Gasteiger partial charge in [0.1, 0.15) is 23.9 Å². The molecule has 0 aliphatic carbocycles. The van der Waals surface area contributed by atoms with E-state index in [4.69, 9.17) is 9.47 Å². The Labute approximate surface area is 164 Å². The quantitative estimate of drug-likeness (QED) is 0.723. The summed E-state index contributed by atoms with van der Waals surface area (Å²) in [5.74, 6) is -0.196. The third-order valence-corrected chi connectivity index (χ3v) is 5.22. The predicted octanol–water partition coefficient (Wildman–Crippen LogP) is 2.49. The fourth-order valence-corrected chi connectivity index (χ4v) is 3.57. The standard InChI is InChI=1S/C19H23FN2O5S/c1-13(15-11-14(26-2)9-10-18(15)27-3)21-19(23)12-22(28(4,24)25)17-8-6-5-7-16(17)20/h5-11,13H,12H2,1-4H3,(H,21,23)/t13-/m0/s1. The highest BCUT2D eigenvalue weighted by Crippen LogP contribution is 2.29. The maximum Gasteiger partial charge on any atom is 0.241 e. The van der Waals surface area contributed by atoms with Crippen LogP contribution < -0.4 is 19.1 Å². The summed E-state index contributed by atoms with van der Waals surface area (Å²) in [7, 11) is -0.847. The number of nitrogens with zero attached hydrogens (tertiary/aromatic N) is 1. The number of anilines is 1. The first-order valence-corrected chi connectivity index (χ1v) is 10.3. The van der Waals surface area contributed by atoms with E-state index in [9.17, 15) is 17.6 Å². The van der Waals surface area contributed by atoms with Crippen LogP contribution in [0.15, 0.2) is 42.5 Å². The van der Waals surface area contributed by atoms with Crippen LogP contribution in [0.5, 0.6) is 11.5 Å². The van der Waals surface area contributed by atoms with Gasteiger partial charge >= 0.3 is 0 Å². The zero-order valence-corrected chi connectivity index (χ0v) is 16.9. The minimum Gasteiger partial charge on any atom is -0.497 e. The smallest absolute Gasteiger partial charge is 0.241 e. The fourth-order valence-electron chi connectivity index (χ4n) is 2.71. The number of hydrogen-bond acceptors (Lipinski definition) is 5. The molecule has 0 radical (unpaired) electrons. The van der Waals surface area contributed by atoms with E-state index in [-0.39, 0.29) is 5.69 Å². The molecule has 152 valence electrons. The highest BCUT2D eigenvalue weighted by molar-refractivity contribution is 7.92. The fraction of sp³-hybridized carbons (Fsp3) is 0.316. The molecule has 1 amide bonds. The molecule has 0 heterocycles. The summed E-state index contributed by atoms with van der Waals surface area (Å²) >= 11 is 0. The third kappa shape index (κ3) is 5.13. The molecule has 0 aliphatic heterocycles. The minimum atomic E-state index is -3.87. The summed E-state index contributed by atoms with van der Waals surface area (Å²) in [6.07, 6.45) is 0.918. The molecule has 0 aromatic heterocycles. The van der Waals surface area contributed by atoms with Crippen LogP contribution in [0, 0.1) is 5.82 Å². The van der Waals surface area contributed by atoms with E-state index in [1.807, 2.05) is 0 Å². The molecule has 0 saturated heterocycles. The van der Waals surface area contributed by atoms with Crippen molar-refractivity contribution in [1.82, 2.24) is 5.32 Å². The monoisotopic (exact) mass is 410 g/mol. The molecular weight excluding hydrogens is 387 g/mol. The van der Waals surface area contributed by atoms with Gasteiger partial charge in [-0.15, -0.1) is 0 Å². The highest BCUT2D eigenvalue weighted by atomic mass is 32.2. The number of amides is 1. The van der Waals surface area contributed by atoms with Crippen molar-refractivity contribution in [1.29, 1.82) is 0 Å². The number of ether oxygens (including phenoxy) is 2. The number of rotatable bonds is 8. The van der Waals surface area contributed by atoms with Gasteiger partial charge in [0.05, 0.1) is 32.2 Å². The average molecular weight is 410 g/mol. The number of para-hydroxylation sites is 1. The van der Waals surface area contributed by atoms with Crippen molar-refractivity contribution in [2.45, 2.75) is 13.0 Å². The second-order valence-corrected chi connectivity index (χ2v) is 8.02. The molecule has 28 heavy (non-hydrogen) atoms. The van der Waals surface area contributed by atoms with E-state index >= 15 is 0 Å². The van der Waals surface area contributed by atoms with Crippen LogP contribution >= 0.6 is 0 Å². The van der Waals surface area contributed by atoms with E-state index < -0.39 is 34.3 Å². The Kier molecular flexibility index (Phi) is 6.85. The Morgan fingerprint density at radius 2 is 1.86 bits per heavy atom. The molecular formula is C19H23FN2O5S. The van der Waals surface area contributed by atoms with Crippen molar-refractivity contribution in [2.75, 3.05) is 31.3 Å². The predicted molar refractivity (Wildman–Crippen MR) is 105 cm³/mol. The Morgan fingerprint density at radius 3 is 2.43 bits per heavy atom. The Balaban J connectivity index is 2.23. The number of sulfonamides is 1. The Hall–Kier alpha value is -2.81. The van der Waals surface area contributed by atoms with E-state index in [0.717, 1.165) is 16.6 Å². The van der Waals surface area contributed by atoms with Crippen LogP contribution in [-0.4, -0.2) is 41.3 Å². The van der Waals surface area contributed by atoms with E-state index in [1.165, 1.54) is 32.4 Å². The summed E-state index contributed by atoms with van der Waals surface area (Å²) in [6.45, 7) is 1.17. The van der Waals surface area contributed by atoms with Crippen molar-refractivity contribution in [3.05, 3.63) is 53.8 Å². The van der Waals surface area contributed by atoms with E-state index in [0.29, 0.717) is 17.1 Å². The van der Waals surface area contributed by atoms with Crippen LogP contribution in [0.3, 0.4) is 0 Å². The Morgan fingerprint density at radius 1 is 1.18 bits per heavy atom. The van der Waals surface area contributed by atoms with Gasteiger partial charge in [0.25, 0.3) is 0 Å². The first-order valence-electron chi connectivity index (χ1n) is 8.41. The molecule has 1 atom stereocenters. The second kappa shape index (κ2) is 8.92. The molecule has 0 fully saturated rings. The number of halogens is 1. The number of carbonyl (C=O) groups is 1. The summed E-state index contributed by atoms with van der Waals surface area (Å²) in [5.41, 5.74) is 0.471. The van der Waals surface area contributed by atoms with Gasteiger partial charge in [0.2, 0.25) is 15.9 Å². The van der Waals surface area contributed by atoms with Crippen molar-refractivity contribution >= 4 is 21.6 Å². The van der Waals surface area contributed by atoms with Crippen LogP contribution in [0.4, 0.5) is 10.1 Å². The lowest BCUT2D eigenvalue weighted by Crippen LogP contribution is -2.41.